The summed E-state index contributed by atoms with van der Waals surface area (Å²) in [5, 5.41) is 10.2. The van der Waals surface area contributed by atoms with Crippen LogP contribution in [0, 0.1) is 23.3 Å². The van der Waals surface area contributed by atoms with Gasteiger partial charge in [-0.15, -0.1) is 0 Å². The molecule has 130 valence electrons. The van der Waals surface area contributed by atoms with Crippen LogP contribution in [0.15, 0.2) is 15.0 Å². The first-order valence-corrected chi connectivity index (χ1v) is 7.74. The van der Waals surface area contributed by atoms with Crippen LogP contribution < -0.4 is 0 Å². The van der Waals surface area contributed by atoms with E-state index in [-0.39, 0.29) is 12.6 Å². The Kier molecular flexibility index (Phi) is 5.63. The zero-order chi connectivity index (χ0) is 18.0. The number of ether oxygens (including phenoxy) is 1. The Hall–Kier alpha value is -1.90. The Morgan fingerprint density at radius 3 is 2.38 bits per heavy atom. The molecule has 1 aromatic rings. The molecule has 1 aliphatic carbocycles. The van der Waals surface area contributed by atoms with E-state index in [4.69, 9.17) is 4.74 Å². The van der Waals surface area contributed by atoms with E-state index >= 15 is 0 Å². The van der Waals surface area contributed by atoms with Gasteiger partial charge >= 0.3 is 5.97 Å². The second kappa shape index (κ2) is 7.33. The largest absolute Gasteiger partial charge is 0.506 e. The summed E-state index contributed by atoms with van der Waals surface area (Å²) < 4.78 is 58.1. The van der Waals surface area contributed by atoms with Gasteiger partial charge in [-0.25, -0.2) is 22.4 Å². The predicted molar refractivity (Wildman–Crippen MR) is 81.7 cm³/mol. The molecule has 0 bridgehead atoms. The van der Waals surface area contributed by atoms with E-state index in [1.807, 2.05) is 0 Å². The van der Waals surface area contributed by atoms with Crippen LogP contribution in [0.5, 0.6) is 0 Å². The van der Waals surface area contributed by atoms with Crippen molar-refractivity contribution in [2.24, 2.45) is 4.99 Å². The molecule has 0 unspecified atom stereocenters. The van der Waals surface area contributed by atoms with Crippen molar-refractivity contribution in [3.63, 3.8) is 0 Å². The third kappa shape index (κ3) is 3.61. The van der Waals surface area contributed by atoms with Gasteiger partial charge in [-0.05, 0) is 35.7 Å². The number of nitrogens with zero attached hydrogens (tertiary/aromatic N) is 1. The van der Waals surface area contributed by atoms with Crippen LogP contribution in [0.1, 0.15) is 25.3 Å². The number of hydrogen-bond donors (Lipinski definition) is 1. The van der Waals surface area contributed by atoms with Crippen LogP contribution in [-0.2, 0) is 9.53 Å². The number of aliphatic imine (C=N–C) groups is 1. The van der Waals surface area contributed by atoms with Crippen molar-refractivity contribution in [1.82, 2.24) is 0 Å². The fourth-order valence-electron chi connectivity index (χ4n) is 1.77. The maximum atomic E-state index is 14.0. The van der Waals surface area contributed by atoms with E-state index in [1.54, 1.807) is 0 Å². The molecule has 0 radical (unpaired) electrons. The number of carbonyl (C=O) groups is 1. The van der Waals surface area contributed by atoms with Crippen LogP contribution in [0.2, 0.25) is 0 Å². The molecule has 0 spiro atoms. The number of rotatable bonds is 5. The van der Waals surface area contributed by atoms with Crippen LogP contribution in [0.4, 0.5) is 17.6 Å². The van der Waals surface area contributed by atoms with Gasteiger partial charge in [-0.1, -0.05) is 0 Å². The highest BCUT2D eigenvalue weighted by molar-refractivity contribution is 9.10. The van der Waals surface area contributed by atoms with Crippen LogP contribution >= 0.6 is 15.9 Å². The standard InChI is InChI=1S/C15H12BrF4NO3/c1-2-24-15(23)7(5-21-6-3-4-6)14(22)8-9(16)11(18)13(20)12(19)10(8)17/h5-6,22H,2-4H2,1H3. The first kappa shape index (κ1) is 18.4. The Bertz CT molecular complexity index is 716. The number of aliphatic hydroxyl groups is 1. The molecule has 9 heteroatoms. The zero-order valence-corrected chi connectivity index (χ0v) is 14.0. The summed E-state index contributed by atoms with van der Waals surface area (Å²) in [6.07, 6.45) is 2.52. The summed E-state index contributed by atoms with van der Waals surface area (Å²) >= 11 is 2.55. The molecule has 0 saturated heterocycles. The fourth-order valence-corrected chi connectivity index (χ4v) is 2.31. The monoisotopic (exact) mass is 409 g/mol. The third-order valence-electron chi connectivity index (χ3n) is 3.16. The molecule has 0 heterocycles. The molecule has 0 atom stereocenters. The second-order valence-corrected chi connectivity index (χ2v) is 5.73. The lowest BCUT2D eigenvalue weighted by molar-refractivity contribution is -0.137. The molecule has 1 N–H and O–H groups in total. The van der Waals surface area contributed by atoms with Gasteiger partial charge in [0.15, 0.2) is 23.3 Å². The lowest BCUT2D eigenvalue weighted by Gasteiger charge is -2.11. The van der Waals surface area contributed by atoms with Crippen molar-refractivity contribution in [3.8, 4) is 0 Å². The van der Waals surface area contributed by atoms with E-state index < -0.39 is 50.6 Å². The van der Waals surface area contributed by atoms with E-state index in [0.717, 1.165) is 19.1 Å². The van der Waals surface area contributed by atoms with Crippen LogP contribution in [-0.4, -0.2) is 29.9 Å². The first-order chi connectivity index (χ1) is 11.3. The number of benzene rings is 1. The van der Waals surface area contributed by atoms with Crippen molar-refractivity contribution in [3.05, 3.63) is 38.9 Å². The Balaban J connectivity index is 2.64. The molecule has 2 rings (SSSR count). The number of esters is 1. The molecule has 1 aromatic carbocycles. The maximum absolute atomic E-state index is 14.0. The SMILES string of the molecule is CCOC(=O)C(C=NC1CC1)=C(O)c1c(F)c(F)c(F)c(F)c1Br. The van der Waals surface area contributed by atoms with Crippen molar-refractivity contribution in [1.29, 1.82) is 0 Å². The topological polar surface area (TPSA) is 58.9 Å². The normalized spacial score (nSPS) is 15.6. The minimum atomic E-state index is -2.11. The van der Waals surface area contributed by atoms with Crippen LogP contribution in [0.25, 0.3) is 5.76 Å². The molecule has 24 heavy (non-hydrogen) atoms. The maximum Gasteiger partial charge on any atom is 0.343 e. The van der Waals surface area contributed by atoms with Crippen molar-refractivity contribution in [2.75, 3.05) is 6.61 Å². The highest BCUT2D eigenvalue weighted by Gasteiger charge is 2.29. The summed E-state index contributed by atoms with van der Waals surface area (Å²) in [5.41, 5.74) is -1.62. The van der Waals surface area contributed by atoms with Crippen LogP contribution in [0.3, 0.4) is 0 Å². The molecular weight excluding hydrogens is 398 g/mol. The van der Waals surface area contributed by atoms with E-state index in [0.29, 0.717) is 0 Å². The molecule has 4 nitrogen and oxygen atoms in total. The third-order valence-corrected chi connectivity index (χ3v) is 3.90. The summed E-state index contributed by atoms with van der Waals surface area (Å²) in [7, 11) is 0. The lowest BCUT2D eigenvalue weighted by Crippen LogP contribution is -2.13. The average molecular weight is 410 g/mol. The van der Waals surface area contributed by atoms with Gasteiger partial charge in [0.25, 0.3) is 0 Å². The summed E-state index contributed by atoms with van der Waals surface area (Å²) in [6, 6.07) is -0.0443. The number of aliphatic hydroxyl groups excluding tert-OH is 1. The van der Waals surface area contributed by atoms with E-state index in [2.05, 4.69) is 20.9 Å². The van der Waals surface area contributed by atoms with Gasteiger partial charge in [-0.2, -0.15) is 0 Å². The summed E-state index contributed by atoms with van der Waals surface area (Å²) in [4.78, 5) is 15.9. The van der Waals surface area contributed by atoms with Crippen molar-refractivity contribution < 1.29 is 32.2 Å². The molecule has 0 aliphatic heterocycles. The van der Waals surface area contributed by atoms with E-state index in [1.165, 1.54) is 6.92 Å². The second-order valence-electron chi connectivity index (χ2n) is 4.94. The summed E-state index contributed by atoms with van der Waals surface area (Å²) in [5.74, 6) is -9.91. The highest BCUT2D eigenvalue weighted by Crippen LogP contribution is 2.34. The van der Waals surface area contributed by atoms with Gasteiger partial charge in [-0.3, -0.25) is 4.99 Å². The quantitative estimate of drug-likeness (QED) is 0.152. The Labute approximate surface area is 143 Å². The molecular formula is C15H12BrF4NO3. The molecule has 1 fully saturated rings. The highest BCUT2D eigenvalue weighted by atomic mass is 79.9. The minimum absolute atomic E-state index is 0.0443. The lowest BCUT2D eigenvalue weighted by atomic mass is 10.1. The summed E-state index contributed by atoms with van der Waals surface area (Å²) in [6.45, 7) is 1.45. The fraction of sp³-hybridized carbons (Fsp3) is 0.333. The van der Waals surface area contributed by atoms with Gasteiger partial charge in [0, 0.05) is 6.21 Å². The van der Waals surface area contributed by atoms with Crippen molar-refractivity contribution in [2.45, 2.75) is 25.8 Å². The van der Waals surface area contributed by atoms with E-state index in [9.17, 15) is 27.5 Å². The smallest absolute Gasteiger partial charge is 0.343 e. The molecule has 0 aromatic heterocycles. The van der Waals surface area contributed by atoms with Gasteiger partial charge in [0.1, 0.15) is 11.3 Å². The number of hydrogen-bond acceptors (Lipinski definition) is 4. The Morgan fingerprint density at radius 1 is 1.25 bits per heavy atom. The first-order valence-electron chi connectivity index (χ1n) is 6.94. The minimum Gasteiger partial charge on any atom is -0.506 e. The number of carbonyl (C=O) groups excluding carboxylic acids is 1. The zero-order valence-electron chi connectivity index (χ0n) is 12.4. The number of halogens is 5. The predicted octanol–water partition coefficient (Wildman–Crippen LogP) is 4.07. The van der Waals surface area contributed by atoms with Crippen molar-refractivity contribution >= 4 is 33.9 Å². The molecule has 0 amide bonds. The molecule has 1 saturated carbocycles. The Morgan fingerprint density at radius 2 is 1.83 bits per heavy atom. The molecule has 1 aliphatic rings. The van der Waals surface area contributed by atoms with Gasteiger partial charge < -0.3 is 9.84 Å². The van der Waals surface area contributed by atoms with Gasteiger partial charge in [0.05, 0.1) is 22.7 Å². The average Bonchev–Trinajstić information content (AvgIpc) is 3.36. The van der Waals surface area contributed by atoms with Gasteiger partial charge in [0.2, 0.25) is 0 Å².